The van der Waals surface area contributed by atoms with E-state index in [2.05, 4.69) is 17.9 Å². The number of hydrogen-bond donors (Lipinski definition) is 1. The molecular formula is C19H27NO3. The average Bonchev–Trinajstić information content (AvgIpc) is 2.97. The van der Waals surface area contributed by atoms with Crippen LogP contribution in [0.2, 0.25) is 0 Å². The van der Waals surface area contributed by atoms with Crippen molar-refractivity contribution in [1.29, 1.82) is 0 Å². The van der Waals surface area contributed by atoms with Crippen molar-refractivity contribution in [1.82, 2.24) is 4.90 Å². The SMILES string of the molecule is CCCN(Cc1ccc(C(C)(C)O)o1)Cc1ccccc1OC. The lowest BCUT2D eigenvalue weighted by molar-refractivity contribution is 0.0516. The second kappa shape index (κ2) is 7.66. The molecule has 1 heterocycles. The van der Waals surface area contributed by atoms with Gasteiger partial charge in [-0.25, -0.2) is 0 Å². The second-order valence-corrected chi connectivity index (χ2v) is 6.35. The van der Waals surface area contributed by atoms with Crippen LogP contribution in [-0.4, -0.2) is 23.7 Å². The first-order valence-corrected chi connectivity index (χ1v) is 8.10. The first-order chi connectivity index (χ1) is 10.9. The van der Waals surface area contributed by atoms with Gasteiger partial charge in [-0.3, -0.25) is 4.90 Å². The van der Waals surface area contributed by atoms with E-state index < -0.39 is 5.60 Å². The lowest BCUT2D eigenvalue weighted by atomic mass is 10.1. The highest BCUT2D eigenvalue weighted by molar-refractivity contribution is 5.33. The van der Waals surface area contributed by atoms with Gasteiger partial charge in [-0.2, -0.15) is 0 Å². The number of methoxy groups -OCH3 is 1. The topological polar surface area (TPSA) is 45.8 Å². The molecule has 0 amide bonds. The molecule has 4 heteroatoms. The molecule has 0 aliphatic carbocycles. The Hall–Kier alpha value is -1.78. The summed E-state index contributed by atoms with van der Waals surface area (Å²) in [6.45, 7) is 8.11. The molecule has 0 spiro atoms. The zero-order valence-corrected chi connectivity index (χ0v) is 14.5. The first-order valence-electron chi connectivity index (χ1n) is 8.10. The molecular weight excluding hydrogens is 290 g/mol. The van der Waals surface area contributed by atoms with Crippen LogP contribution in [0.5, 0.6) is 5.75 Å². The Bertz CT molecular complexity index is 613. The Labute approximate surface area is 138 Å². The van der Waals surface area contributed by atoms with Crippen LogP contribution in [0.3, 0.4) is 0 Å². The van der Waals surface area contributed by atoms with Gasteiger partial charge in [-0.1, -0.05) is 25.1 Å². The molecule has 0 atom stereocenters. The monoisotopic (exact) mass is 317 g/mol. The van der Waals surface area contributed by atoms with Gasteiger partial charge in [0, 0.05) is 12.1 Å². The fourth-order valence-corrected chi connectivity index (χ4v) is 2.62. The number of nitrogens with zero attached hydrogens (tertiary/aromatic N) is 1. The van der Waals surface area contributed by atoms with Gasteiger partial charge in [0.05, 0.1) is 13.7 Å². The summed E-state index contributed by atoms with van der Waals surface area (Å²) >= 11 is 0. The molecule has 0 radical (unpaired) electrons. The number of benzene rings is 1. The van der Waals surface area contributed by atoms with Gasteiger partial charge < -0.3 is 14.3 Å². The van der Waals surface area contributed by atoms with Crippen LogP contribution < -0.4 is 4.74 Å². The van der Waals surface area contributed by atoms with Crippen molar-refractivity contribution in [2.75, 3.05) is 13.7 Å². The molecule has 2 aromatic rings. The summed E-state index contributed by atoms with van der Waals surface area (Å²) in [5.41, 5.74) is 0.217. The quantitative estimate of drug-likeness (QED) is 0.801. The molecule has 0 saturated heterocycles. The van der Waals surface area contributed by atoms with Crippen LogP contribution in [0.1, 0.15) is 44.3 Å². The molecule has 0 saturated carbocycles. The lowest BCUT2D eigenvalue weighted by Gasteiger charge is -2.22. The standard InChI is InChI=1S/C19H27NO3/c1-5-12-20(13-15-8-6-7-9-17(15)22-4)14-16-10-11-18(23-16)19(2,3)21/h6-11,21H,5,12-14H2,1-4H3. The summed E-state index contributed by atoms with van der Waals surface area (Å²) in [6, 6.07) is 11.9. The Kier molecular flexibility index (Phi) is 5.85. The minimum atomic E-state index is -0.948. The third-order valence-electron chi connectivity index (χ3n) is 3.77. The number of aliphatic hydroxyl groups is 1. The van der Waals surface area contributed by atoms with Crippen molar-refractivity contribution in [3.05, 3.63) is 53.5 Å². The van der Waals surface area contributed by atoms with Crippen molar-refractivity contribution in [3.8, 4) is 5.75 Å². The Morgan fingerprint density at radius 3 is 2.48 bits per heavy atom. The van der Waals surface area contributed by atoms with E-state index >= 15 is 0 Å². The van der Waals surface area contributed by atoms with E-state index in [9.17, 15) is 5.11 Å². The largest absolute Gasteiger partial charge is 0.496 e. The maximum atomic E-state index is 10.0. The van der Waals surface area contributed by atoms with E-state index in [1.807, 2.05) is 30.3 Å². The van der Waals surface area contributed by atoms with Gasteiger partial charge in [-0.15, -0.1) is 0 Å². The van der Waals surface area contributed by atoms with Gasteiger partial charge in [0.25, 0.3) is 0 Å². The first kappa shape index (κ1) is 17.6. The summed E-state index contributed by atoms with van der Waals surface area (Å²) in [5.74, 6) is 2.37. The highest BCUT2D eigenvalue weighted by Crippen LogP contribution is 2.24. The maximum Gasteiger partial charge on any atom is 0.135 e. The number of hydrogen-bond acceptors (Lipinski definition) is 4. The molecule has 4 nitrogen and oxygen atoms in total. The highest BCUT2D eigenvalue weighted by Gasteiger charge is 2.21. The van der Waals surface area contributed by atoms with Crippen LogP contribution in [0.15, 0.2) is 40.8 Å². The van der Waals surface area contributed by atoms with E-state index in [1.54, 1.807) is 21.0 Å². The van der Waals surface area contributed by atoms with E-state index in [0.717, 1.165) is 36.6 Å². The zero-order chi connectivity index (χ0) is 16.9. The molecule has 0 aliphatic rings. The molecule has 0 fully saturated rings. The molecule has 0 bridgehead atoms. The zero-order valence-electron chi connectivity index (χ0n) is 14.5. The molecule has 1 aromatic heterocycles. The fraction of sp³-hybridized carbons (Fsp3) is 0.474. The number of furan rings is 1. The van der Waals surface area contributed by atoms with Crippen LogP contribution >= 0.6 is 0 Å². The summed E-state index contributed by atoms with van der Waals surface area (Å²) in [7, 11) is 1.70. The Morgan fingerprint density at radius 1 is 1.13 bits per heavy atom. The molecule has 0 aliphatic heterocycles. The third kappa shape index (κ3) is 4.85. The predicted octanol–water partition coefficient (Wildman–Crippen LogP) is 3.93. The highest BCUT2D eigenvalue weighted by atomic mass is 16.5. The number of ether oxygens (including phenoxy) is 1. The van der Waals surface area contributed by atoms with Crippen LogP contribution in [0.25, 0.3) is 0 Å². The van der Waals surface area contributed by atoms with Crippen LogP contribution in [-0.2, 0) is 18.7 Å². The number of rotatable bonds is 8. The molecule has 0 unspecified atom stereocenters. The van der Waals surface area contributed by atoms with Gasteiger partial charge in [0.2, 0.25) is 0 Å². The minimum Gasteiger partial charge on any atom is -0.496 e. The van der Waals surface area contributed by atoms with Gasteiger partial charge in [0.1, 0.15) is 22.9 Å². The summed E-state index contributed by atoms with van der Waals surface area (Å²) < 4.78 is 11.2. The van der Waals surface area contributed by atoms with Crippen LogP contribution in [0, 0.1) is 0 Å². The molecule has 2 rings (SSSR count). The van der Waals surface area contributed by atoms with E-state index in [1.165, 1.54) is 0 Å². The van der Waals surface area contributed by atoms with Crippen molar-refractivity contribution in [2.24, 2.45) is 0 Å². The fourth-order valence-electron chi connectivity index (χ4n) is 2.62. The normalized spacial score (nSPS) is 11.9. The van der Waals surface area contributed by atoms with E-state index in [4.69, 9.17) is 9.15 Å². The number of para-hydroxylation sites is 1. The van der Waals surface area contributed by atoms with Crippen molar-refractivity contribution >= 4 is 0 Å². The Balaban J connectivity index is 2.11. The predicted molar refractivity (Wildman–Crippen MR) is 91.4 cm³/mol. The second-order valence-electron chi connectivity index (χ2n) is 6.35. The smallest absolute Gasteiger partial charge is 0.135 e. The summed E-state index contributed by atoms with van der Waals surface area (Å²) in [5, 5.41) is 10.0. The molecule has 126 valence electrons. The average molecular weight is 317 g/mol. The summed E-state index contributed by atoms with van der Waals surface area (Å²) in [4.78, 5) is 2.32. The van der Waals surface area contributed by atoms with Gasteiger partial charge in [-0.05, 0) is 45.0 Å². The maximum absolute atomic E-state index is 10.0. The minimum absolute atomic E-state index is 0.598. The van der Waals surface area contributed by atoms with Gasteiger partial charge in [0.15, 0.2) is 0 Å². The van der Waals surface area contributed by atoms with Crippen LogP contribution in [0.4, 0.5) is 0 Å². The lowest BCUT2D eigenvalue weighted by Crippen LogP contribution is -2.23. The van der Waals surface area contributed by atoms with Crippen molar-refractivity contribution in [3.63, 3.8) is 0 Å². The van der Waals surface area contributed by atoms with Gasteiger partial charge >= 0.3 is 0 Å². The molecule has 23 heavy (non-hydrogen) atoms. The van der Waals surface area contributed by atoms with E-state index in [0.29, 0.717) is 12.3 Å². The molecule has 1 N–H and O–H groups in total. The summed E-state index contributed by atoms with van der Waals surface area (Å²) in [6.07, 6.45) is 1.06. The molecule has 1 aromatic carbocycles. The van der Waals surface area contributed by atoms with E-state index in [-0.39, 0.29) is 0 Å². The van der Waals surface area contributed by atoms with Crippen molar-refractivity contribution in [2.45, 2.75) is 45.9 Å². The Morgan fingerprint density at radius 2 is 1.87 bits per heavy atom. The van der Waals surface area contributed by atoms with Crippen molar-refractivity contribution < 1.29 is 14.3 Å². The third-order valence-corrected chi connectivity index (χ3v) is 3.77.